The van der Waals surface area contributed by atoms with Crippen LogP contribution in [0.25, 0.3) is 86.3 Å². The highest BCUT2D eigenvalue weighted by Crippen LogP contribution is 2.45. The summed E-state index contributed by atoms with van der Waals surface area (Å²) in [6.07, 6.45) is 1.98. The highest BCUT2D eigenvalue weighted by Gasteiger charge is 2.19. The summed E-state index contributed by atoms with van der Waals surface area (Å²) >= 11 is 1.87. The molecule has 7 aromatic carbocycles. The summed E-state index contributed by atoms with van der Waals surface area (Å²) in [5.41, 5.74) is 9.26. The van der Waals surface area contributed by atoms with Crippen LogP contribution in [-0.4, -0.2) is 14.1 Å². The van der Waals surface area contributed by atoms with Gasteiger partial charge < -0.3 is 4.57 Å². The van der Waals surface area contributed by atoms with Crippen LogP contribution >= 0.6 is 11.3 Å². The van der Waals surface area contributed by atoms with Crippen LogP contribution in [0.15, 0.2) is 152 Å². The molecule has 0 aliphatic rings. The van der Waals surface area contributed by atoms with Crippen LogP contribution in [-0.2, 0) is 0 Å². The van der Waals surface area contributed by atoms with Crippen molar-refractivity contribution in [3.8, 4) is 22.5 Å². The van der Waals surface area contributed by atoms with Gasteiger partial charge in [-0.1, -0.05) is 91.0 Å². The highest BCUT2D eigenvalue weighted by atomic mass is 32.1. The molecule has 0 radical (unpaired) electrons. The smallest absolute Gasteiger partial charge is 0.100 e. The van der Waals surface area contributed by atoms with Gasteiger partial charge in [0, 0.05) is 47.7 Å². The molecular formula is C41H25N3S. The lowest BCUT2D eigenvalue weighted by Gasteiger charge is -2.12. The Balaban J connectivity index is 1.32. The van der Waals surface area contributed by atoms with E-state index in [2.05, 4.69) is 155 Å². The van der Waals surface area contributed by atoms with Gasteiger partial charge >= 0.3 is 0 Å². The van der Waals surface area contributed by atoms with Crippen molar-refractivity contribution >= 4 is 75.1 Å². The van der Waals surface area contributed by atoms with Crippen molar-refractivity contribution in [2.45, 2.75) is 0 Å². The molecule has 0 saturated heterocycles. The van der Waals surface area contributed by atoms with Crippen molar-refractivity contribution in [2.24, 2.45) is 0 Å². The Morgan fingerprint density at radius 1 is 0.489 bits per heavy atom. The number of rotatable bonds is 3. The first-order valence-electron chi connectivity index (χ1n) is 15.2. The first-order valence-corrected chi connectivity index (χ1v) is 16.0. The monoisotopic (exact) mass is 591 g/mol. The van der Waals surface area contributed by atoms with Crippen LogP contribution in [0, 0.1) is 0 Å². The van der Waals surface area contributed by atoms with Gasteiger partial charge in [-0.15, -0.1) is 11.3 Å². The number of imidazole rings is 1. The van der Waals surface area contributed by atoms with E-state index in [1.807, 2.05) is 17.7 Å². The van der Waals surface area contributed by atoms with Gasteiger partial charge in [-0.3, -0.25) is 4.57 Å². The molecule has 10 rings (SSSR count). The first-order chi connectivity index (χ1) is 22.3. The van der Waals surface area contributed by atoms with Gasteiger partial charge in [0.15, 0.2) is 0 Å². The van der Waals surface area contributed by atoms with E-state index < -0.39 is 0 Å². The maximum Gasteiger partial charge on any atom is 0.100 e. The number of aromatic nitrogens is 3. The average Bonchev–Trinajstić information content (AvgIpc) is 3.80. The van der Waals surface area contributed by atoms with Crippen molar-refractivity contribution in [1.82, 2.24) is 14.1 Å². The van der Waals surface area contributed by atoms with Crippen molar-refractivity contribution in [2.75, 3.05) is 0 Å². The molecule has 3 aromatic heterocycles. The van der Waals surface area contributed by atoms with Crippen LogP contribution in [0.2, 0.25) is 0 Å². The predicted molar refractivity (Wildman–Crippen MR) is 191 cm³/mol. The van der Waals surface area contributed by atoms with Gasteiger partial charge in [-0.2, -0.15) is 0 Å². The summed E-state index contributed by atoms with van der Waals surface area (Å²) in [7, 11) is 0. The summed E-state index contributed by atoms with van der Waals surface area (Å²) in [5.74, 6) is 0. The largest absolute Gasteiger partial charge is 0.309 e. The average molecular weight is 592 g/mol. The van der Waals surface area contributed by atoms with Crippen LogP contribution in [0.1, 0.15) is 0 Å². The summed E-state index contributed by atoms with van der Waals surface area (Å²) in [5, 5.41) is 7.55. The predicted octanol–water partition coefficient (Wildman–Crippen LogP) is 11.3. The third-order valence-corrected chi connectivity index (χ3v) is 10.4. The molecule has 3 nitrogen and oxygen atoms in total. The SMILES string of the molecule is c1ccc(-n2cnc3c4c(ccc5c6ccccc6sc54)c(-c4ccc5c(c4)c4ccccc4n5-c4ccccc4)cc32)cc1. The van der Waals surface area contributed by atoms with Gasteiger partial charge in [0.25, 0.3) is 0 Å². The minimum absolute atomic E-state index is 1.04. The van der Waals surface area contributed by atoms with Crippen LogP contribution in [0.4, 0.5) is 0 Å². The van der Waals surface area contributed by atoms with E-state index in [0.29, 0.717) is 0 Å². The van der Waals surface area contributed by atoms with Crippen molar-refractivity contribution in [3.63, 3.8) is 0 Å². The number of hydrogen-bond donors (Lipinski definition) is 0. The molecule has 0 saturated carbocycles. The van der Waals surface area contributed by atoms with E-state index >= 15 is 0 Å². The molecule has 210 valence electrons. The fourth-order valence-electron chi connectivity index (χ4n) is 7.18. The minimum atomic E-state index is 1.04. The molecule has 4 heteroatoms. The Bertz CT molecular complexity index is 2750. The first kappa shape index (κ1) is 24.7. The second kappa shape index (κ2) is 9.39. The highest BCUT2D eigenvalue weighted by molar-refractivity contribution is 7.26. The van der Waals surface area contributed by atoms with E-state index in [4.69, 9.17) is 4.98 Å². The lowest BCUT2D eigenvalue weighted by atomic mass is 9.94. The molecule has 0 aliphatic carbocycles. The van der Waals surface area contributed by atoms with E-state index in [-0.39, 0.29) is 0 Å². The van der Waals surface area contributed by atoms with E-state index in [1.54, 1.807) is 0 Å². The van der Waals surface area contributed by atoms with Gasteiger partial charge in [0.1, 0.15) is 6.33 Å². The van der Waals surface area contributed by atoms with Gasteiger partial charge in [0.2, 0.25) is 0 Å². The molecule has 0 aliphatic heterocycles. The zero-order chi connectivity index (χ0) is 29.5. The number of hydrogen-bond acceptors (Lipinski definition) is 2. The molecule has 0 amide bonds. The molecular weight excluding hydrogens is 567 g/mol. The molecule has 45 heavy (non-hydrogen) atoms. The standard InChI is InChI=1S/C41H25N3S/c1-3-11-27(12-4-1)43-25-42-40-37(43)24-33(31-20-21-32-30-16-8-10-18-38(30)45-41(32)39(31)40)26-19-22-36-34(23-26)29-15-7-9-17-35(29)44(36)28-13-5-2-6-14-28/h1-25H. The molecule has 0 N–H and O–H groups in total. The Morgan fingerprint density at radius 2 is 1.18 bits per heavy atom. The van der Waals surface area contributed by atoms with Gasteiger partial charge in [-0.25, -0.2) is 4.98 Å². The van der Waals surface area contributed by atoms with Gasteiger partial charge in [-0.05, 0) is 71.1 Å². The number of fused-ring (bicyclic) bond motifs is 10. The number of thiophene rings is 1. The second-order valence-corrected chi connectivity index (χ2v) is 12.7. The maximum atomic E-state index is 5.07. The fraction of sp³-hybridized carbons (Fsp3) is 0. The quantitative estimate of drug-likeness (QED) is 0.200. The van der Waals surface area contributed by atoms with Crippen LogP contribution in [0.3, 0.4) is 0 Å². The number of nitrogens with zero attached hydrogens (tertiary/aromatic N) is 3. The lowest BCUT2D eigenvalue weighted by Crippen LogP contribution is -1.93. The van der Waals surface area contributed by atoms with Crippen molar-refractivity contribution < 1.29 is 0 Å². The minimum Gasteiger partial charge on any atom is -0.309 e. The van der Waals surface area contributed by atoms with Crippen LogP contribution < -0.4 is 0 Å². The van der Waals surface area contributed by atoms with E-state index in [1.165, 1.54) is 69.6 Å². The third-order valence-electron chi connectivity index (χ3n) is 9.19. The van der Waals surface area contributed by atoms with Crippen molar-refractivity contribution in [1.29, 1.82) is 0 Å². The fourth-order valence-corrected chi connectivity index (χ4v) is 8.43. The Morgan fingerprint density at radius 3 is 2.02 bits per heavy atom. The zero-order valence-electron chi connectivity index (χ0n) is 24.2. The summed E-state index contributed by atoms with van der Waals surface area (Å²) in [4.78, 5) is 5.07. The molecule has 0 unspecified atom stereocenters. The zero-order valence-corrected chi connectivity index (χ0v) is 25.0. The molecule has 0 bridgehead atoms. The third kappa shape index (κ3) is 3.54. The van der Waals surface area contributed by atoms with Crippen LogP contribution in [0.5, 0.6) is 0 Å². The normalized spacial score (nSPS) is 12.0. The maximum absolute atomic E-state index is 5.07. The summed E-state index contributed by atoms with van der Waals surface area (Å²) < 4.78 is 7.20. The van der Waals surface area contributed by atoms with E-state index in [9.17, 15) is 0 Å². The lowest BCUT2D eigenvalue weighted by molar-refractivity contribution is 1.09. The summed E-state index contributed by atoms with van der Waals surface area (Å²) in [6.45, 7) is 0. The topological polar surface area (TPSA) is 22.8 Å². The van der Waals surface area contributed by atoms with Crippen molar-refractivity contribution in [3.05, 3.63) is 152 Å². The molecule has 0 atom stereocenters. The Hall–Kier alpha value is -5.71. The Labute approximate surface area is 262 Å². The second-order valence-electron chi connectivity index (χ2n) is 11.6. The Kier molecular flexibility index (Phi) is 5.16. The van der Waals surface area contributed by atoms with Gasteiger partial charge in [0.05, 0.1) is 22.1 Å². The molecule has 3 heterocycles. The molecule has 0 fully saturated rings. The molecule has 0 spiro atoms. The van der Waals surface area contributed by atoms with E-state index in [0.717, 1.165) is 16.7 Å². The number of benzene rings is 7. The number of para-hydroxylation sites is 3. The summed E-state index contributed by atoms with van der Waals surface area (Å²) in [6, 6.07) is 52.6. The molecule has 10 aromatic rings.